The molecule has 0 spiro atoms. The summed E-state index contributed by atoms with van der Waals surface area (Å²) in [6, 6.07) is 1.56. The van der Waals surface area contributed by atoms with Gasteiger partial charge in [-0.1, -0.05) is 0 Å². The maximum atomic E-state index is 4.55. The predicted octanol–water partition coefficient (Wildman–Crippen LogP) is 3.32. The average Bonchev–Trinajstić information content (AvgIpc) is 2.96. The number of thiazole rings is 1. The summed E-state index contributed by atoms with van der Waals surface area (Å²) in [6.45, 7) is 7.81. The molecule has 1 aromatic rings. The zero-order chi connectivity index (χ0) is 12.5. The van der Waals surface area contributed by atoms with Crippen LogP contribution in [0.5, 0.6) is 0 Å². The normalized spacial score (nSPS) is 21.6. The minimum Gasteiger partial charge on any atom is -0.313 e. The van der Waals surface area contributed by atoms with Gasteiger partial charge < -0.3 is 5.32 Å². The van der Waals surface area contributed by atoms with E-state index in [-0.39, 0.29) is 24.8 Å². The molecule has 6 heteroatoms. The van der Waals surface area contributed by atoms with Crippen LogP contribution in [0.1, 0.15) is 41.3 Å². The molecular formula is C14H25Cl2N3S. The summed E-state index contributed by atoms with van der Waals surface area (Å²) in [5.74, 6) is 0. The van der Waals surface area contributed by atoms with Gasteiger partial charge >= 0.3 is 0 Å². The number of nitrogens with one attached hydrogen (secondary N) is 1. The van der Waals surface area contributed by atoms with E-state index in [1.54, 1.807) is 0 Å². The van der Waals surface area contributed by atoms with Crippen molar-refractivity contribution in [2.24, 2.45) is 0 Å². The van der Waals surface area contributed by atoms with Crippen LogP contribution in [0.3, 0.4) is 0 Å². The summed E-state index contributed by atoms with van der Waals surface area (Å²) in [4.78, 5) is 8.71. The third-order valence-electron chi connectivity index (χ3n) is 4.03. The maximum Gasteiger partial charge on any atom is 0.0900 e. The number of aromatic nitrogens is 1. The summed E-state index contributed by atoms with van der Waals surface area (Å²) in [7, 11) is 0. The van der Waals surface area contributed by atoms with E-state index in [0.29, 0.717) is 0 Å². The molecule has 3 nitrogen and oxygen atoms in total. The van der Waals surface area contributed by atoms with E-state index in [2.05, 4.69) is 29.0 Å². The van der Waals surface area contributed by atoms with Crippen molar-refractivity contribution < 1.29 is 0 Å². The van der Waals surface area contributed by atoms with Gasteiger partial charge in [0.15, 0.2) is 0 Å². The first-order valence-corrected chi connectivity index (χ1v) is 7.94. The monoisotopic (exact) mass is 337 g/mol. The van der Waals surface area contributed by atoms with Gasteiger partial charge in [0.2, 0.25) is 0 Å². The van der Waals surface area contributed by atoms with Gasteiger partial charge in [-0.25, -0.2) is 4.98 Å². The molecule has 20 heavy (non-hydrogen) atoms. The van der Waals surface area contributed by atoms with Crippen LogP contribution < -0.4 is 5.32 Å². The summed E-state index contributed by atoms with van der Waals surface area (Å²) in [5.41, 5.74) is 1.24. The molecule has 0 radical (unpaired) electrons. The second kappa shape index (κ2) is 7.95. The molecule has 2 aliphatic rings. The predicted molar refractivity (Wildman–Crippen MR) is 90.5 cm³/mol. The molecule has 2 fully saturated rings. The van der Waals surface area contributed by atoms with Crippen LogP contribution in [0.15, 0.2) is 0 Å². The molecule has 1 atom stereocenters. The average molecular weight is 338 g/mol. The van der Waals surface area contributed by atoms with E-state index in [0.717, 1.165) is 18.6 Å². The Morgan fingerprint density at radius 2 is 2.00 bits per heavy atom. The van der Waals surface area contributed by atoms with Crippen molar-refractivity contribution in [2.75, 3.05) is 13.1 Å². The van der Waals surface area contributed by atoms with Gasteiger partial charge in [-0.2, -0.15) is 0 Å². The van der Waals surface area contributed by atoms with Crippen molar-refractivity contribution >= 4 is 36.2 Å². The van der Waals surface area contributed by atoms with Crippen LogP contribution in [0.25, 0.3) is 0 Å². The molecular weight excluding hydrogens is 313 g/mol. The number of halogens is 2. The highest BCUT2D eigenvalue weighted by Gasteiger charge is 2.31. The minimum atomic E-state index is 0. The van der Waals surface area contributed by atoms with Crippen LogP contribution in [-0.2, 0) is 6.54 Å². The van der Waals surface area contributed by atoms with Gasteiger partial charge in [0.25, 0.3) is 0 Å². The summed E-state index contributed by atoms with van der Waals surface area (Å²) in [6.07, 6.45) is 5.49. The largest absolute Gasteiger partial charge is 0.313 e. The molecule has 1 aliphatic carbocycles. The lowest BCUT2D eigenvalue weighted by Crippen LogP contribution is -2.38. The molecule has 116 valence electrons. The Morgan fingerprint density at radius 1 is 1.25 bits per heavy atom. The van der Waals surface area contributed by atoms with Crippen LogP contribution in [0.4, 0.5) is 0 Å². The quantitative estimate of drug-likeness (QED) is 0.893. The molecule has 1 unspecified atom stereocenters. The summed E-state index contributed by atoms with van der Waals surface area (Å²) < 4.78 is 0. The highest BCUT2D eigenvalue weighted by molar-refractivity contribution is 7.11. The lowest BCUT2D eigenvalue weighted by atomic mass is 10.2. The van der Waals surface area contributed by atoms with Crippen molar-refractivity contribution in [3.8, 4) is 0 Å². The Morgan fingerprint density at radius 3 is 2.50 bits per heavy atom. The molecule has 1 saturated heterocycles. The highest BCUT2D eigenvalue weighted by atomic mass is 35.5. The second-order valence-corrected chi connectivity index (χ2v) is 6.98. The lowest BCUT2D eigenvalue weighted by molar-refractivity contribution is 0.232. The fourth-order valence-corrected chi connectivity index (χ4v) is 3.85. The maximum absolute atomic E-state index is 4.55. The molecule has 3 rings (SSSR count). The van der Waals surface area contributed by atoms with Crippen molar-refractivity contribution in [2.45, 2.75) is 58.2 Å². The molecule has 0 bridgehead atoms. The number of aryl methyl sites for hydroxylation is 2. The zero-order valence-corrected chi connectivity index (χ0v) is 14.7. The third kappa shape index (κ3) is 4.57. The highest BCUT2D eigenvalue weighted by Crippen LogP contribution is 2.31. The van der Waals surface area contributed by atoms with E-state index in [4.69, 9.17) is 0 Å². The molecule has 0 amide bonds. The van der Waals surface area contributed by atoms with Gasteiger partial charge in [-0.3, -0.25) is 4.90 Å². The number of hydrogen-bond acceptors (Lipinski definition) is 4. The molecule has 1 aromatic heterocycles. The van der Waals surface area contributed by atoms with Crippen LogP contribution in [0, 0.1) is 13.8 Å². The van der Waals surface area contributed by atoms with Crippen molar-refractivity contribution in [3.63, 3.8) is 0 Å². The fourth-order valence-electron chi connectivity index (χ4n) is 2.88. The fraction of sp³-hybridized carbons (Fsp3) is 0.786. The molecule has 1 aliphatic heterocycles. The molecule has 1 saturated carbocycles. The Hall–Kier alpha value is 0.130. The standard InChI is InChI=1S/C14H23N3S.2ClH/c1-10-14(18-11(2)16-10)9-17(13-5-6-13)8-12-4-3-7-15-12;;/h12-13,15H,3-9H2,1-2H3;2*1H. The van der Waals surface area contributed by atoms with E-state index < -0.39 is 0 Å². The Balaban J connectivity index is 0.000001000. The number of rotatable bonds is 5. The van der Waals surface area contributed by atoms with E-state index in [9.17, 15) is 0 Å². The third-order valence-corrected chi connectivity index (χ3v) is 5.08. The Kier molecular flexibility index (Phi) is 7.22. The first kappa shape index (κ1) is 18.2. The van der Waals surface area contributed by atoms with Gasteiger partial charge in [0.05, 0.1) is 10.7 Å². The SMILES string of the molecule is Cc1nc(C)c(CN(CC2CCCN2)C2CC2)s1.Cl.Cl. The van der Waals surface area contributed by atoms with Crippen molar-refractivity contribution in [3.05, 3.63) is 15.6 Å². The van der Waals surface area contributed by atoms with E-state index in [1.807, 2.05) is 11.3 Å². The Labute approximate surface area is 138 Å². The van der Waals surface area contributed by atoms with Gasteiger partial charge in [-0.15, -0.1) is 36.2 Å². The van der Waals surface area contributed by atoms with Gasteiger partial charge in [-0.05, 0) is 46.1 Å². The topological polar surface area (TPSA) is 28.2 Å². The van der Waals surface area contributed by atoms with Crippen LogP contribution in [-0.4, -0.2) is 35.1 Å². The first-order chi connectivity index (χ1) is 8.72. The smallest absolute Gasteiger partial charge is 0.0900 e. The summed E-state index contributed by atoms with van der Waals surface area (Å²) >= 11 is 1.87. The molecule has 1 N–H and O–H groups in total. The van der Waals surface area contributed by atoms with Crippen molar-refractivity contribution in [1.82, 2.24) is 15.2 Å². The minimum absolute atomic E-state index is 0. The second-order valence-electron chi connectivity index (χ2n) is 5.70. The zero-order valence-electron chi connectivity index (χ0n) is 12.2. The van der Waals surface area contributed by atoms with Crippen molar-refractivity contribution in [1.29, 1.82) is 0 Å². The van der Waals surface area contributed by atoms with Gasteiger partial charge in [0, 0.05) is 30.1 Å². The Bertz CT molecular complexity index is 415. The number of nitrogens with zero attached hydrogens (tertiary/aromatic N) is 2. The first-order valence-electron chi connectivity index (χ1n) is 7.12. The number of hydrogen-bond donors (Lipinski definition) is 1. The molecule has 0 aromatic carbocycles. The van der Waals surface area contributed by atoms with Crippen LogP contribution >= 0.6 is 36.2 Å². The summed E-state index contributed by atoms with van der Waals surface area (Å²) in [5, 5.41) is 4.83. The van der Waals surface area contributed by atoms with Gasteiger partial charge in [0.1, 0.15) is 0 Å². The molecule has 2 heterocycles. The van der Waals surface area contributed by atoms with Crippen LogP contribution in [0.2, 0.25) is 0 Å². The van der Waals surface area contributed by atoms with E-state index in [1.165, 1.54) is 54.4 Å². The van der Waals surface area contributed by atoms with E-state index >= 15 is 0 Å². The lowest BCUT2D eigenvalue weighted by Gasteiger charge is -2.25.